The normalized spacial score (nSPS) is 15.9. The van der Waals surface area contributed by atoms with Crippen molar-refractivity contribution >= 4 is 35.4 Å². The molecule has 3 rings (SSSR count). The van der Waals surface area contributed by atoms with Crippen molar-refractivity contribution in [2.45, 2.75) is 6.42 Å². The van der Waals surface area contributed by atoms with Crippen molar-refractivity contribution in [2.75, 3.05) is 0 Å². The molecular weight excluding hydrogens is 306 g/mol. The van der Waals surface area contributed by atoms with Gasteiger partial charge in [0.05, 0.1) is 5.56 Å². The summed E-state index contributed by atoms with van der Waals surface area (Å²) in [6.07, 6.45) is 1.73. The third-order valence-corrected chi connectivity index (χ3v) is 3.62. The van der Waals surface area contributed by atoms with Crippen molar-refractivity contribution in [2.24, 2.45) is 0 Å². The highest BCUT2D eigenvalue weighted by Crippen LogP contribution is 2.40. The lowest BCUT2D eigenvalue weighted by Crippen LogP contribution is -2.26. The number of nitrogens with zero attached hydrogens (tertiary/aromatic N) is 1. The molecule has 0 amide bonds. The summed E-state index contributed by atoms with van der Waals surface area (Å²) in [5, 5.41) is 18.3. The summed E-state index contributed by atoms with van der Waals surface area (Å²) in [4.78, 5) is 61.3. The van der Waals surface area contributed by atoms with Crippen LogP contribution in [0.2, 0.25) is 0 Å². The average Bonchev–Trinajstić information content (AvgIpc) is 2.95. The Morgan fingerprint density at radius 1 is 1.13 bits per heavy atom. The summed E-state index contributed by atoms with van der Waals surface area (Å²) >= 11 is 0. The van der Waals surface area contributed by atoms with E-state index in [9.17, 15) is 29.1 Å². The van der Waals surface area contributed by atoms with Gasteiger partial charge in [0.1, 0.15) is 17.7 Å². The minimum Gasteiger partial charge on any atom is -0.478 e. The standard InChI is InChI=1S/C15H7NO7/c17-4-5-1-6-7(2-5)12(18)13(19)11-10(6)8(14(20)21)3-9(16-11)15(22)23/h2-4H,1H2,(H,20,21)(H,22,23). The quantitative estimate of drug-likeness (QED) is 0.608. The van der Waals surface area contributed by atoms with Gasteiger partial charge in [-0.3, -0.25) is 14.4 Å². The largest absolute Gasteiger partial charge is 0.478 e. The lowest BCUT2D eigenvalue weighted by Gasteiger charge is -2.18. The molecule has 23 heavy (non-hydrogen) atoms. The molecule has 0 atom stereocenters. The van der Waals surface area contributed by atoms with Gasteiger partial charge in [0.15, 0.2) is 0 Å². The Labute approximate surface area is 127 Å². The van der Waals surface area contributed by atoms with Gasteiger partial charge in [-0.25, -0.2) is 14.6 Å². The van der Waals surface area contributed by atoms with Crippen LogP contribution in [0.15, 0.2) is 23.3 Å². The van der Waals surface area contributed by atoms with Gasteiger partial charge in [0.25, 0.3) is 5.78 Å². The van der Waals surface area contributed by atoms with Crippen LogP contribution in [-0.2, 0) is 9.59 Å². The number of aldehydes is 1. The number of rotatable bonds is 3. The fraction of sp³-hybridized carbons (Fsp3) is 0.0667. The van der Waals surface area contributed by atoms with Gasteiger partial charge in [0.2, 0.25) is 5.78 Å². The molecule has 2 aliphatic carbocycles. The highest BCUT2D eigenvalue weighted by atomic mass is 16.4. The molecule has 0 unspecified atom stereocenters. The molecule has 0 aromatic carbocycles. The lowest BCUT2D eigenvalue weighted by atomic mass is 9.85. The Kier molecular flexibility index (Phi) is 3.03. The monoisotopic (exact) mass is 313 g/mol. The van der Waals surface area contributed by atoms with Crippen molar-refractivity contribution in [3.05, 3.63) is 45.8 Å². The second-order valence-corrected chi connectivity index (χ2v) is 4.95. The molecule has 8 heteroatoms. The van der Waals surface area contributed by atoms with Crippen LogP contribution in [0.25, 0.3) is 5.57 Å². The van der Waals surface area contributed by atoms with Crippen molar-refractivity contribution in [1.82, 2.24) is 4.98 Å². The van der Waals surface area contributed by atoms with E-state index in [0.717, 1.165) is 6.07 Å². The number of fused-ring (bicyclic) bond motifs is 2. The zero-order valence-electron chi connectivity index (χ0n) is 11.3. The molecule has 1 aromatic rings. The van der Waals surface area contributed by atoms with Gasteiger partial charge < -0.3 is 10.2 Å². The Hall–Kier alpha value is -3.42. The summed E-state index contributed by atoms with van der Waals surface area (Å²) in [6, 6.07) is 0.829. The van der Waals surface area contributed by atoms with E-state index in [2.05, 4.69) is 4.98 Å². The minimum absolute atomic E-state index is 0.0147. The second-order valence-electron chi connectivity index (χ2n) is 4.95. The molecule has 0 saturated heterocycles. The van der Waals surface area contributed by atoms with E-state index in [1.165, 1.54) is 6.08 Å². The number of hydrogen-bond donors (Lipinski definition) is 2. The van der Waals surface area contributed by atoms with Crippen LogP contribution in [0.5, 0.6) is 0 Å². The van der Waals surface area contributed by atoms with Gasteiger partial charge >= 0.3 is 11.9 Å². The Morgan fingerprint density at radius 3 is 2.39 bits per heavy atom. The number of hydrogen-bond acceptors (Lipinski definition) is 6. The summed E-state index contributed by atoms with van der Waals surface area (Å²) in [5.74, 6) is -5.00. The van der Waals surface area contributed by atoms with Crippen molar-refractivity contribution in [3.8, 4) is 0 Å². The lowest BCUT2D eigenvalue weighted by molar-refractivity contribution is -0.111. The van der Waals surface area contributed by atoms with Crippen LogP contribution in [0.3, 0.4) is 0 Å². The van der Waals surface area contributed by atoms with E-state index >= 15 is 0 Å². The molecule has 0 spiro atoms. The number of Topliss-reactive ketones (excluding diaryl/α,β-unsaturated/α-hetero) is 2. The SMILES string of the molecule is O=CC1=CC2=C(C1)c1c(C(=O)O)cc(C(=O)O)nc1C(=O)C2=O. The number of allylic oxidation sites excluding steroid dienone is 4. The van der Waals surface area contributed by atoms with Crippen LogP contribution in [-0.4, -0.2) is 45.0 Å². The molecule has 1 aromatic heterocycles. The first-order valence-electron chi connectivity index (χ1n) is 6.35. The number of ketones is 2. The summed E-state index contributed by atoms with van der Waals surface area (Å²) in [7, 11) is 0. The van der Waals surface area contributed by atoms with Crippen LogP contribution in [0.4, 0.5) is 0 Å². The van der Waals surface area contributed by atoms with Crippen LogP contribution >= 0.6 is 0 Å². The van der Waals surface area contributed by atoms with Gasteiger partial charge in [-0.05, 0) is 23.3 Å². The first-order chi connectivity index (χ1) is 10.8. The predicted octanol–water partition coefficient (Wildman–Crippen LogP) is 0.526. The van der Waals surface area contributed by atoms with E-state index < -0.39 is 40.5 Å². The maximum absolute atomic E-state index is 12.2. The maximum atomic E-state index is 12.2. The third kappa shape index (κ3) is 2.00. The van der Waals surface area contributed by atoms with Crippen molar-refractivity contribution in [3.63, 3.8) is 0 Å². The maximum Gasteiger partial charge on any atom is 0.354 e. The zero-order valence-corrected chi connectivity index (χ0v) is 11.3. The van der Waals surface area contributed by atoms with E-state index in [1.807, 2.05) is 0 Å². The molecular formula is C15H7NO7. The molecule has 2 N–H and O–H groups in total. The number of carbonyl (C=O) groups excluding carboxylic acids is 3. The molecule has 0 radical (unpaired) electrons. The number of carbonyl (C=O) groups is 5. The highest BCUT2D eigenvalue weighted by molar-refractivity contribution is 6.53. The summed E-state index contributed by atoms with van der Waals surface area (Å²) < 4.78 is 0. The molecule has 114 valence electrons. The number of aromatic nitrogens is 1. The topological polar surface area (TPSA) is 139 Å². The molecule has 1 heterocycles. The zero-order chi connectivity index (χ0) is 16.9. The average molecular weight is 313 g/mol. The Balaban J connectivity index is 2.36. The van der Waals surface area contributed by atoms with E-state index in [-0.39, 0.29) is 28.7 Å². The van der Waals surface area contributed by atoms with Crippen molar-refractivity contribution in [1.29, 1.82) is 0 Å². The molecule has 2 aliphatic rings. The van der Waals surface area contributed by atoms with Gasteiger partial charge in [-0.2, -0.15) is 0 Å². The van der Waals surface area contributed by atoms with Crippen LogP contribution < -0.4 is 0 Å². The first kappa shape index (κ1) is 14.5. The number of carboxylic acid groups (broad SMARTS) is 2. The molecule has 0 saturated carbocycles. The van der Waals surface area contributed by atoms with Crippen molar-refractivity contribution < 1.29 is 34.2 Å². The van der Waals surface area contributed by atoms with Crippen LogP contribution in [0.1, 0.15) is 43.3 Å². The number of aromatic carboxylic acids is 2. The molecule has 0 aliphatic heterocycles. The Morgan fingerprint density at radius 2 is 1.83 bits per heavy atom. The molecule has 0 fully saturated rings. The van der Waals surface area contributed by atoms with E-state index in [0.29, 0.717) is 6.29 Å². The summed E-state index contributed by atoms with van der Waals surface area (Å²) in [5.41, 5.74) is -1.32. The van der Waals surface area contributed by atoms with Gasteiger partial charge in [-0.1, -0.05) is 0 Å². The van der Waals surface area contributed by atoms with E-state index in [4.69, 9.17) is 5.11 Å². The summed E-state index contributed by atoms with van der Waals surface area (Å²) in [6.45, 7) is 0. The Bertz CT molecular complexity index is 905. The fourth-order valence-corrected chi connectivity index (χ4v) is 2.65. The van der Waals surface area contributed by atoms with E-state index in [1.54, 1.807) is 0 Å². The fourth-order valence-electron chi connectivity index (χ4n) is 2.65. The predicted molar refractivity (Wildman–Crippen MR) is 73.2 cm³/mol. The molecule has 8 nitrogen and oxygen atoms in total. The first-order valence-corrected chi connectivity index (χ1v) is 6.35. The minimum atomic E-state index is -1.52. The second kappa shape index (κ2) is 4.80. The highest BCUT2D eigenvalue weighted by Gasteiger charge is 2.39. The third-order valence-electron chi connectivity index (χ3n) is 3.62. The van der Waals surface area contributed by atoms with Gasteiger partial charge in [-0.15, -0.1) is 0 Å². The number of carboxylic acids is 2. The smallest absolute Gasteiger partial charge is 0.354 e. The van der Waals surface area contributed by atoms with Gasteiger partial charge in [0, 0.05) is 17.6 Å². The van der Waals surface area contributed by atoms with Crippen LogP contribution in [0, 0.1) is 0 Å². The molecule has 0 bridgehead atoms. The number of pyridine rings is 1.